The zero-order valence-electron chi connectivity index (χ0n) is 9.79. The number of amides is 1. The van der Waals surface area contributed by atoms with E-state index in [1.54, 1.807) is 0 Å². The molecule has 0 bridgehead atoms. The predicted octanol–water partition coefficient (Wildman–Crippen LogP) is 4.17. The number of nitrogens with one attached hydrogen (secondary N) is 1. The second-order valence-electron chi connectivity index (χ2n) is 3.91. The van der Waals surface area contributed by atoms with E-state index in [2.05, 4.69) is 21.2 Å². The molecule has 0 saturated heterocycles. The van der Waals surface area contributed by atoms with Crippen LogP contribution in [0.15, 0.2) is 46.9 Å². The highest BCUT2D eigenvalue weighted by Gasteiger charge is 2.15. The van der Waals surface area contributed by atoms with Crippen molar-refractivity contribution in [3.63, 3.8) is 0 Å². The van der Waals surface area contributed by atoms with Crippen molar-refractivity contribution in [1.82, 2.24) is 5.32 Å². The summed E-state index contributed by atoms with van der Waals surface area (Å²) >= 11 is 9.17. The summed E-state index contributed by atoms with van der Waals surface area (Å²) in [5.41, 5.74) is 0.786. The molecule has 0 aliphatic carbocycles. The van der Waals surface area contributed by atoms with Crippen LogP contribution in [-0.4, -0.2) is 5.91 Å². The van der Waals surface area contributed by atoms with Crippen LogP contribution in [0.4, 0.5) is 4.39 Å². The van der Waals surface area contributed by atoms with Gasteiger partial charge in [0.15, 0.2) is 0 Å². The quantitative estimate of drug-likeness (QED) is 0.891. The summed E-state index contributed by atoms with van der Waals surface area (Å²) in [4.78, 5) is 11.9. The topological polar surface area (TPSA) is 29.1 Å². The maximum Gasteiger partial charge on any atom is 0.256 e. The molecule has 2 aromatic carbocycles. The Morgan fingerprint density at radius 3 is 2.68 bits per heavy atom. The highest BCUT2D eigenvalue weighted by molar-refractivity contribution is 9.10. The molecule has 2 rings (SSSR count). The number of hydrogen-bond acceptors (Lipinski definition) is 1. The zero-order valence-corrected chi connectivity index (χ0v) is 12.1. The predicted molar refractivity (Wildman–Crippen MR) is 76.7 cm³/mol. The lowest BCUT2D eigenvalue weighted by atomic mass is 10.2. The van der Waals surface area contributed by atoms with Gasteiger partial charge in [0.25, 0.3) is 5.91 Å². The van der Waals surface area contributed by atoms with Gasteiger partial charge in [-0.15, -0.1) is 0 Å². The van der Waals surface area contributed by atoms with Crippen LogP contribution in [0.2, 0.25) is 5.02 Å². The fraction of sp³-hybridized carbons (Fsp3) is 0.0714. The molecule has 2 nitrogen and oxygen atoms in total. The largest absolute Gasteiger partial charge is 0.348 e. The van der Waals surface area contributed by atoms with Crippen LogP contribution in [0.5, 0.6) is 0 Å². The van der Waals surface area contributed by atoms with E-state index >= 15 is 0 Å². The second-order valence-corrected chi connectivity index (χ2v) is 5.23. The van der Waals surface area contributed by atoms with E-state index < -0.39 is 11.7 Å². The van der Waals surface area contributed by atoms with Crippen LogP contribution in [0.3, 0.4) is 0 Å². The number of carbonyl (C=O) groups excluding carboxylic acids is 1. The lowest BCUT2D eigenvalue weighted by molar-refractivity contribution is 0.0947. The highest BCUT2D eigenvalue weighted by Crippen LogP contribution is 2.19. The summed E-state index contributed by atoms with van der Waals surface area (Å²) in [7, 11) is 0. The van der Waals surface area contributed by atoms with Crippen molar-refractivity contribution in [3.8, 4) is 0 Å². The van der Waals surface area contributed by atoms with E-state index in [9.17, 15) is 9.18 Å². The smallest absolute Gasteiger partial charge is 0.256 e. The van der Waals surface area contributed by atoms with E-state index in [-0.39, 0.29) is 10.6 Å². The molecule has 5 heteroatoms. The van der Waals surface area contributed by atoms with Gasteiger partial charge >= 0.3 is 0 Å². The van der Waals surface area contributed by atoms with Crippen molar-refractivity contribution in [2.75, 3.05) is 0 Å². The number of hydrogen-bond donors (Lipinski definition) is 1. The minimum absolute atomic E-state index is 0.103. The Morgan fingerprint density at radius 1 is 1.26 bits per heavy atom. The molecule has 0 aromatic heterocycles. The average molecular weight is 343 g/mol. The normalized spacial score (nSPS) is 10.3. The van der Waals surface area contributed by atoms with Gasteiger partial charge in [0, 0.05) is 11.0 Å². The Morgan fingerprint density at radius 2 is 2.00 bits per heavy atom. The van der Waals surface area contributed by atoms with Crippen molar-refractivity contribution in [2.24, 2.45) is 0 Å². The molecule has 1 amide bonds. The molecule has 0 unspecified atom stereocenters. The SMILES string of the molecule is O=C(NCc1cccc(Br)c1)c1c(F)cccc1Cl. The van der Waals surface area contributed by atoms with Gasteiger partial charge in [0.2, 0.25) is 0 Å². The summed E-state index contributed by atoms with van der Waals surface area (Å²) in [6.45, 7) is 0.308. The molecule has 2 aromatic rings. The van der Waals surface area contributed by atoms with Gasteiger partial charge in [0.05, 0.1) is 10.6 Å². The molecular weight excluding hydrogens is 333 g/mol. The molecular formula is C14H10BrClFNO. The molecule has 0 aliphatic heterocycles. The molecule has 0 heterocycles. The van der Waals surface area contributed by atoms with Gasteiger partial charge in [-0.3, -0.25) is 4.79 Å². The number of benzene rings is 2. The van der Waals surface area contributed by atoms with Crippen LogP contribution in [0, 0.1) is 5.82 Å². The molecule has 19 heavy (non-hydrogen) atoms. The summed E-state index contributed by atoms with van der Waals surface area (Å²) < 4.78 is 14.5. The number of carbonyl (C=O) groups is 1. The minimum atomic E-state index is -0.626. The van der Waals surface area contributed by atoms with Gasteiger partial charge in [-0.2, -0.15) is 0 Å². The van der Waals surface area contributed by atoms with Crippen LogP contribution in [0.1, 0.15) is 15.9 Å². The third-order valence-corrected chi connectivity index (χ3v) is 3.34. The lowest BCUT2D eigenvalue weighted by Crippen LogP contribution is -2.24. The Balaban J connectivity index is 2.10. The first-order valence-electron chi connectivity index (χ1n) is 5.54. The second kappa shape index (κ2) is 6.17. The molecule has 0 atom stereocenters. The Bertz CT molecular complexity index is 598. The van der Waals surface area contributed by atoms with Crippen LogP contribution >= 0.6 is 27.5 Å². The first-order valence-corrected chi connectivity index (χ1v) is 6.71. The summed E-state index contributed by atoms with van der Waals surface area (Å²) in [6.07, 6.45) is 0. The van der Waals surface area contributed by atoms with E-state index in [4.69, 9.17) is 11.6 Å². The average Bonchev–Trinajstić information content (AvgIpc) is 2.36. The molecule has 0 radical (unpaired) electrons. The van der Waals surface area contributed by atoms with Crippen molar-refractivity contribution in [3.05, 3.63) is 68.9 Å². The molecule has 0 aliphatic rings. The van der Waals surface area contributed by atoms with E-state index in [1.165, 1.54) is 18.2 Å². The van der Waals surface area contributed by atoms with Gasteiger partial charge < -0.3 is 5.32 Å². The minimum Gasteiger partial charge on any atom is -0.348 e. The standard InChI is InChI=1S/C14H10BrClFNO/c15-10-4-1-3-9(7-10)8-18-14(19)13-11(16)5-2-6-12(13)17/h1-7H,8H2,(H,18,19). The Kier molecular flexibility index (Phi) is 4.56. The van der Waals surface area contributed by atoms with Crippen LogP contribution in [0.25, 0.3) is 0 Å². The van der Waals surface area contributed by atoms with E-state index in [1.807, 2.05) is 24.3 Å². The van der Waals surface area contributed by atoms with Gasteiger partial charge in [-0.05, 0) is 29.8 Å². The van der Waals surface area contributed by atoms with Crippen molar-refractivity contribution in [1.29, 1.82) is 0 Å². The molecule has 0 spiro atoms. The number of rotatable bonds is 3. The molecule has 1 N–H and O–H groups in total. The van der Waals surface area contributed by atoms with Crippen LogP contribution in [-0.2, 0) is 6.54 Å². The first-order chi connectivity index (χ1) is 9.08. The fourth-order valence-electron chi connectivity index (χ4n) is 1.63. The Labute approximate surface area is 123 Å². The third-order valence-electron chi connectivity index (χ3n) is 2.53. The van der Waals surface area contributed by atoms with Gasteiger partial charge in [0.1, 0.15) is 5.82 Å². The third kappa shape index (κ3) is 3.55. The summed E-state index contributed by atoms with van der Waals surface area (Å²) in [5, 5.41) is 2.74. The fourth-order valence-corrected chi connectivity index (χ4v) is 2.33. The Hall–Kier alpha value is -1.39. The van der Waals surface area contributed by atoms with Crippen LogP contribution < -0.4 is 5.32 Å². The van der Waals surface area contributed by atoms with Gasteiger partial charge in [-0.1, -0.05) is 45.7 Å². The van der Waals surface area contributed by atoms with E-state index in [0.29, 0.717) is 6.54 Å². The monoisotopic (exact) mass is 341 g/mol. The lowest BCUT2D eigenvalue weighted by Gasteiger charge is -2.08. The summed E-state index contributed by atoms with van der Waals surface area (Å²) in [5.74, 6) is -1.15. The highest BCUT2D eigenvalue weighted by atomic mass is 79.9. The van der Waals surface area contributed by atoms with Crippen molar-refractivity contribution >= 4 is 33.4 Å². The van der Waals surface area contributed by atoms with E-state index in [0.717, 1.165) is 10.0 Å². The van der Waals surface area contributed by atoms with Crippen molar-refractivity contribution < 1.29 is 9.18 Å². The number of halogens is 3. The molecule has 98 valence electrons. The zero-order chi connectivity index (χ0) is 13.8. The maximum atomic E-state index is 13.5. The van der Waals surface area contributed by atoms with Gasteiger partial charge in [-0.25, -0.2) is 4.39 Å². The van der Waals surface area contributed by atoms with Crippen molar-refractivity contribution in [2.45, 2.75) is 6.54 Å². The molecule has 0 saturated carbocycles. The first kappa shape index (κ1) is 14.0. The molecule has 0 fully saturated rings. The maximum absolute atomic E-state index is 13.5. The summed E-state index contributed by atoms with van der Waals surface area (Å²) in [6, 6.07) is 11.7.